The molecule has 2 aliphatic heterocycles. The molecule has 1 saturated heterocycles. The molecule has 0 N–H and O–H groups in total. The Morgan fingerprint density at radius 1 is 1.00 bits per heavy atom. The maximum absolute atomic E-state index is 14.1. The van der Waals surface area contributed by atoms with Crippen molar-refractivity contribution in [3.63, 3.8) is 0 Å². The second kappa shape index (κ2) is 8.39. The van der Waals surface area contributed by atoms with Crippen LogP contribution in [0.4, 0.5) is 21.7 Å². The highest BCUT2D eigenvalue weighted by atomic mass is 19.1. The van der Waals surface area contributed by atoms with Crippen LogP contribution in [0, 0.1) is 5.82 Å². The second-order valence-corrected chi connectivity index (χ2v) is 7.49. The zero-order valence-electron chi connectivity index (χ0n) is 17.2. The van der Waals surface area contributed by atoms with Crippen molar-refractivity contribution in [2.45, 2.75) is 13.0 Å². The van der Waals surface area contributed by atoms with Gasteiger partial charge in [-0.1, -0.05) is 18.2 Å². The number of para-hydroxylation sites is 3. The highest BCUT2D eigenvalue weighted by molar-refractivity contribution is 5.67. The quantitative estimate of drug-likeness (QED) is 0.626. The summed E-state index contributed by atoms with van der Waals surface area (Å²) < 4.78 is 31.2. The SMILES string of the molecule is C[C@H]1COCCN1c1ccccc1Oc1cnc(N2CCOc3c(F)cccc32)nc1. The lowest BCUT2D eigenvalue weighted by atomic mass is 10.2. The van der Waals surface area contributed by atoms with Crippen LogP contribution in [0.2, 0.25) is 0 Å². The standard InChI is InChI=1S/C23H23FN4O3/c1-16-15-29-11-9-27(16)19-6-2-3-8-21(19)31-17-13-25-23(26-14-17)28-10-12-30-22-18(24)5-4-7-20(22)28/h2-8,13-14,16H,9-12,15H2,1H3/t16-/m0/s1. The molecule has 7 nitrogen and oxygen atoms in total. The Hall–Kier alpha value is -3.39. The van der Waals surface area contributed by atoms with E-state index in [1.54, 1.807) is 24.5 Å². The van der Waals surface area contributed by atoms with E-state index in [1.165, 1.54) is 6.07 Å². The van der Waals surface area contributed by atoms with E-state index < -0.39 is 5.82 Å². The largest absolute Gasteiger partial charge is 0.486 e. The van der Waals surface area contributed by atoms with Crippen molar-refractivity contribution in [1.82, 2.24) is 9.97 Å². The molecule has 0 bridgehead atoms. The Labute approximate surface area is 180 Å². The highest BCUT2D eigenvalue weighted by Gasteiger charge is 2.25. The monoisotopic (exact) mass is 422 g/mol. The normalized spacial score (nSPS) is 18.3. The maximum atomic E-state index is 14.1. The minimum atomic E-state index is -0.392. The molecule has 8 heteroatoms. The van der Waals surface area contributed by atoms with Gasteiger partial charge in [0.25, 0.3) is 0 Å². The molecule has 1 fully saturated rings. The van der Waals surface area contributed by atoms with E-state index in [9.17, 15) is 4.39 Å². The summed E-state index contributed by atoms with van der Waals surface area (Å²) >= 11 is 0. The number of rotatable bonds is 4. The number of anilines is 3. The summed E-state index contributed by atoms with van der Waals surface area (Å²) in [6.07, 6.45) is 3.27. The Kier molecular flexibility index (Phi) is 5.30. The highest BCUT2D eigenvalue weighted by Crippen LogP contribution is 2.38. The maximum Gasteiger partial charge on any atom is 0.230 e. The molecule has 3 heterocycles. The first-order chi connectivity index (χ1) is 15.2. The van der Waals surface area contributed by atoms with Gasteiger partial charge in [0.2, 0.25) is 5.95 Å². The fourth-order valence-electron chi connectivity index (χ4n) is 3.91. The molecule has 0 aliphatic carbocycles. The Morgan fingerprint density at radius 3 is 2.65 bits per heavy atom. The number of halogens is 1. The number of hydrogen-bond donors (Lipinski definition) is 0. The van der Waals surface area contributed by atoms with Crippen molar-refractivity contribution in [2.24, 2.45) is 0 Å². The molecular formula is C23H23FN4O3. The van der Waals surface area contributed by atoms with Crippen molar-refractivity contribution in [3.05, 3.63) is 60.7 Å². The number of ether oxygens (including phenoxy) is 3. The summed E-state index contributed by atoms with van der Waals surface area (Å²) in [6, 6.07) is 13.0. The molecule has 2 aliphatic rings. The Bertz CT molecular complexity index is 1060. The molecule has 1 atom stereocenters. The minimum absolute atomic E-state index is 0.228. The van der Waals surface area contributed by atoms with Crippen LogP contribution < -0.4 is 19.3 Å². The van der Waals surface area contributed by atoms with E-state index in [2.05, 4.69) is 21.8 Å². The number of hydrogen-bond acceptors (Lipinski definition) is 7. The smallest absolute Gasteiger partial charge is 0.230 e. The van der Waals surface area contributed by atoms with E-state index in [4.69, 9.17) is 14.2 Å². The van der Waals surface area contributed by atoms with Gasteiger partial charge < -0.3 is 24.0 Å². The van der Waals surface area contributed by atoms with Crippen molar-refractivity contribution < 1.29 is 18.6 Å². The third kappa shape index (κ3) is 3.86. The summed E-state index contributed by atoms with van der Waals surface area (Å²) in [4.78, 5) is 13.1. The molecule has 5 rings (SSSR count). The van der Waals surface area contributed by atoms with Gasteiger partial charge in [0, 0.05) is 12.6 Å². The first-order valence-corrected chi connectivity index (χ1v) is 10.3. The van der Waals surface area contributed by atoms with Crippen LogP contribution >= 0.6 is 0 Å². The average molecular weight is 422 g/mol. The van der Waals surface area contributed by atoms with E-state index in [0.717, 1.165) is 18.0 Å². The number of aromatic nitrogens is 2. The molecule has 0 radical (unpaired) electrons. The Morgan fingerprint density at radius 2 is 1.81 bits per heavy atom. The van der Waals surface area contributed by atoms with Crippen LogP contribution in [0.1, 0.15) is 6.92 Å². The van der Waals surface area contributed by atoms with E-state index in [-0.39, 0.29) is 11.8 Å². The van der Waals surface area contributed by atoms with Gasteiger partial charge in [0.1, 0.15) is 6.61 Å². The van der Waals surface area contributed by atoms with Crippen LogP contribution in [-0.2, 0) is 4.74 Å². The van der Waals surface area contributed by atoms with Crippen LogP contribution in [0.5, 0.6) is 17.2 Å². The molecule has 31 heavy (non-hydrogen) atoms. The van der Waals surface area contributed by atoms with Crippen molar-refractivity contribution in [1.29, 1.82) is 0 Å². The molecule has 0 unspecified atom stereocenters. The van der Waals surface area contributed by atoms with Crippen LogP contribution in [-0.4, -0.2) is 48.9 Å². The van der Waals surface area contributed by atoms with Crippen LogP contribution in [0.25, 0.3) is 0 Å². The van der Waals surface area contributed by atoms with Gasteiger partial charge >= 0.3 is 0 Å². The van der Waals surface area contributed by atoms with Gasteiger partial charge in [0.05, 0.1) is 43.5 Å². The second-order valence-electron chi connectivity index (χ2n) is 7.49. The van der Waals surface area contributed by atoms with Gasteiger partial charge in [-0.15, -0.1) is 0 Å². The van der Waals surface area contributed by atoms with Gasteiger partial charge in [-0.3, -0.25) is 0 Å². The minimum Gasteiger partial charge on any atom is -0.486 e. The zero-order chi connectivity index (χ0) is 21.2. The van der Waals surface area contributed by atoms with Crippen molar-refractivity contribution in [2.75, 3.05) is 42.7 Å². The first-order valence-electron chi connectivity index (χ1n) is 10.3. The number of fused-ring (bicyclic) bond motifs is 1. The number of morpholine rings is 1. The van der Waals surface area contributed by atoms with Gasteiger partial charge in [-0.25, -0.2) is 14.4 Å². The molecule has 1 aromatic heterocycles. The molecule has 0 saturated carbocycles. The van der Waals surface area contributed by atoms with Gasteiger partial charge in [0.15, 0.2) is 23.1 Å². The molecule has 3 aromatic rings. The predicted molar refractivity (Wildman–Crippen MR) is 115 cm³/mol. The number of nitrogens with zero attached hydrogens (tertiary/aromatic N) is 4. The third-order valence-electron chi connectivity index (χ3n) is 5.42. The summed E-state index contributed by atoms with van der Waals surface area (Å²) in [5, 5.41) is 0. The number of benzene rings is 2. The lowest BCUT2D eigenvalue weighted by Crippen LogP contribution is -2.43. The van der Waals surface area contributed by atoms with Crippen molar-refractivity contribution in [3.8, 4) is 17.2 Å². The predicted octanol–water partition coefficient (Wildman–Crippen LogP) is 4.16. The lowest BCUT2D eigenvalue weighted by molar-refractivity contribution is 0.0987. The Balaban J connectivity index is 1.38. The summed E-state index contributed by atoms with van der Waals surface area (Å²) in [5.74, 6) is 1.58. The fourth-order valence-corrected chi connectivity index (χ4v) is 3.91. The van der Waals surface area contributed by atoms with Crippen LogP contribution in [0.3, 0.4) is 0 Å². The third-order valence-corrected chi connectivity index (χ3v) is 5.42. The average Bonchev–Trinajstić information content (AvgIpc) is 2.81. The molecule has 160 valence electrons. The molecule has 0 amide bonds. The summed E-state index contributed by atoms with van der Waals surface area (Å²) in [6.45, 7) is 5.22. The van der Waals surface area contributed by atoms with E-state index in [0.29, 0.717) is 43.8 Å². The van der Waals surface area contributed by atoms with Crippen LogP contribution in [0.15, 0.2) is 54.9 Å². The topological polar surface area (TPSA) is 60.0 Å². The van der Waals surface area contributed by atoms with Gasteiger partial charge in [-0.2, -0.15) is 0 Å². The summed E-state index contributed by atoms with van der Waals surface area (Å²) in [5.41, 5.74) is 1.63. The zero-order valence-corrected chi connectivity index (χ0v) is 17.2. The fraction of sp³-hybridized carbons (Fsp3) is 0.304. The van der Waals surface area contributed by atoms with Gasteiger partial charge in [-0.05, 0) is 31.2 Å². The molecule has 2 aromatic carbocycles. The van der Waals surface area contributed by atoms with Crippen molar-refractivity contribution >= 4 is 17.3 Å². The van der Waals surface area contributed by atoms with E-state index in [1.807, 2.05) is 29.2 Å². The first kappa shape index (κ1) is 19.6. The van der Waals surface area contributed by atoms with E-state index >= 15 is 0 Å². The lowest BCUT2D eigenvalue weighted by Gasteiger charge is -2.36. The molecular weight excluding hydrogens is 399 g/mol. The molecule has 0 spiro atoms. The summed E-state index contributed by atoms with van der Waals surface area (Å²) in [7, 11) is 0.